The number of rotatable bonds is 6. The van der Waals surface area contributed by atoms with Gasteiger partial charge in [0.25, 0.3) is 0 Å². The predicted molar refractivity (Wildman–Crippen MR) is 125 cm³/mol. The minimum atomic E-state index is -1.34. The van der Waals surface area contributed by atoms with E-state index in [2.05, 4.69) is 39.5 Å². The highest BCUT2D eigenvalue weighted by atomic mass is 32.2. The monoisotopic (exact) mass is 456 g/mol. The second-order valence-corrected chi connectivity index (χ2v) is 10.8. The third-order valence-corrected chi connectivity index (χ3v) is 8.60. The van der Waals surface area contributed by atoms with E-state index in [4.69, 9.17) is 0 Å². The first-order chi connectivity index (χ1) is 15.4. The van der Waals surface area contributed by atoms with Gasteiger partial charge in [-0.3, -0.25) is 4.79 Å². The molecular weight excluding hydrogens is 424 g/mol. The fourth-order valence-corrected chi connectivity index (χ4v) is 6.75. The molecule has 32 heavy (non-hydrogen) atoms. The molecule has 0 radical (unpaired) electrons. The van der Waals surface area contributed by atoms with Gasteiger partial charge in [0.2, 0.25) is 11.1 Å². The Bertz CT molecular complexity index is 1040. The normalized spacial score (nSPS) is 19.9. The summed E-state index contributed by atoms with van der Waals surface area (Å²) < 4.78 is 15.0. The molecule has 8 nitrogen and oxygen atoms in total. The summed E-state index contributed by atoms with van der Waals surface area (Å²) in [5.74, 6) is 0.636. The molecule has 0 amide bonds. The zero-order chi connectivity index (χ0) is 22.4. The Balaban J connectivity index is 1.38. The maximum atomic E-state index is 13.1. The smallest absolute Gasteiger partial charge is 0.247 e. The summed E-state index contributed by atoms with van der Waals surface area (Å²) in [5, 5.41) is 11.1. The van der Waals surface area contributed by atoms with Crippen LogP contribution < -0.4 is 5.32 Å². The molecule has 2 aromatic rings. The summed E-state index contributed by atoms with van der Waals surface area (Å²) in [4.78, 5) is 19.2. The fourth-order valence-electron chi connectivity index (χ4n) is 5.67. The van der Waals surface area contributed by atoms with Gasteiger partial charge in [-0.1, -0.05) is 0 Å². The molecule has 0 saturated carbocycles. The molecule has 172 valence electrons. The predicted octanol–water partition coefficient (Wildman–Crippen LogP) is 2.78. The minimum absolute atomic E-state index is 0.182. The lowest BCUT2D eigenvalue weighted by Crippen LogP contribution is -2.42. The summed E-state index contributed by atoms with van der Waals surface area (Å²) in [6, 6.07) is 0.539. The number of nitrogens with zero attached hydrogens (tertiary/aromatic N) is 4. The second-order valence-electron chi connectivity index (χ2n) is 9.39. The van der Waals surface area contributed by atoms with E-state index < -0.39 is 11.0 Å². The van der Waals surface area contributed by atoms with Crippen molar-refractivity contribution in [3.05, 3.63) is 27.8 Å². The number of Topliss-reactive ketones (excluding diaryl/α,β-unsaturated/α-hetero) is 1. The first-order valence-corrected chi connectivity index (χ1v) is 12.8. The van der Waals surface area contributed by atoms with Gasteiger partial charge in [-0.2, -0.15) is 4.98 Å². The van der Waals surface area contributed by atoms with E-state index in [-0.39, 0.29) is 5.78 Å². The molecule has 1 aliphatic heterocycles. The molecular formula is C23H32N6O2S. The molecule has 1 atom stereocenters. The van der Waals surface area contributed by atoms with Crippen LogP contribution in [0.15, 0.2) is 5.16 Å². The Labute approximate surface area is 191 Å². The second kappa shape index (κ2) is 8.68. The number of anilines is 2. The third-order valence-electron chi connectivity index (χ3n) is 7.25. The molecule has 1 saturated heterocycles. The third kappa shape index (κ3) is 3.80. The van der Waals surface area contributed by atoms with E-state index in [0.29, 0.717) is 17.1 Å². The Kier molecular flexibility index (Phi) is 5.90. The van der Waals surface area contributed by atoms with Crippen LogP contribution in [0.2, 0.25) is 0 Å². The highest BCUT2D eigenvalue weighted by molar-refractivity contribution is 7.82. The lowest BCUT2D eigenvalue weighted by Gasteiger charge is -2.33. The van der Waals surface area contributed by atoms with E-state index >= 15 is 0 Å². The number of benzene rings is 1. The van der Waals surface area contributed by atoms with Gasteiger partial charge < -0.3 is 10.2 Å². The van der Waals surface area contributed by atoms with Gasteiger partial charge in [0.05, 0.1) is 0 Å². The molecule has 2 aliphatic carbocycles. The quantitative estimate of drug-likeness (QED) is 0.649. The van der Waals surface area contributed by atoms with Crippen LogP contribution in [0, 0.1) is 0 Å². The molecule has 1 fully saturated rings. The van der Waals surface area contributed by atoms with E-state index in [1.54, 1.807) is 6.92 Å². The SMILES string of the molecule is CC(=O)c1c2c(c(Nc3n[nH]c(S(=O)N4CCC(N(C)C)CC4)n3)c3c1CCC3)CCC2. The number of nitrogens with one attached hydrogen (secondary N) is 2. The topological polar surface area (TPSA) is 94.2 Å². The highest BCUT2D eigenvalue weighted by Gasteiger charge is 2.31. The van der Waals surface area contributed by atoms with Crippen molar-refractivity contribution in [3.63, 3.8) is 0 Å². The maximum absolute atomic E-state index is 13.1. The van der Waals surface area contributed by atoms with Gasteiger partial charge >= 0.3 is 0 Å². The number of H-pyrrole nitrogens is 1. The average Bonchev–Trinajstić information content (AvgIpc) is 3.53. The van der Waals surface area contributed by atoms with E-state index in [0.717, 1.165) is 75.7 Å². The summed E-state index contributed by atoms with van der Waals surface area (Å²) >= 11 is 0. The highest BCUT2D eigenvalue weighted by Crippen LogP contribution is 2.42. The molecule has 5 rings (SSSR count). The van der Waals surface area contributed by atoms with Crippen molar-refractivity contribution in [2.24, 2.45) is 0 Å². The van der Waals surface area contributed by atoms with Crippen LogP contribution in [0.25, 0.3) is 0 Å². The fraction of sp³-hybridized carbons (Fsp3) is 0.609. The van der Waals surface area contributed by atoms with E-state index in [1.807, 2.05) is 4.31 Å². The number of fused-ring (bicyclic) bond motifs is 2. The maximum Gasteiger partial charge on any atom is 0.247 e. The van der Waals surface area contributed by atoms with Crippen LogP contribution in [0.5, 0.6) is 0 Å². The Hall–Kier alpha value is -2.10. The van der Waals surface area contributed by atoms with Crippen molar-refractivity contribution in [3.8, 4) is 0 Å². The molecule has 2 N–H and O–H groups in total. The average molecular weight is 457 g/mol. The van der Waals surface area contributed by atoms with E-state index in [1.165, 1.54) is 22.3 Å². The van der Waals surface area contributed by atoms with Crippen molar-refractivity contribution < 1.29 is 9.00 Å². The molecule has 1 unspecified atom stereocenters. The first-order valence-electron chi connectivity index (χ1n) is 11.7. The number of aromatic amines is 1. The number of hydrogen-bond acceptors (Lipinski definition) is 6. The molecule has 0 bridgehead atoms. The van der Waals surface area contributed by atoms with Gasteiger partial charge in [0.1, 0.15) is 0 Å². The Morgan fingerprint density at radius 2 is 1.66 bits per heavy atom. The minimum Gasteiger partial charge on any atom is -0.322 e. The van der Waals surface area contributed by atoms with Gasteiger partial charge in [-0.15, -0.1) is 5.10 Å². The van der Waals surface area contributed by atoms with Gasteiger partial charge in [-0.25, -0.2) is 13.6 Å². The van der Waals surface area contributed by atoms with E-state index in [9.17, 15) is 9.00 Å². The number of aromatic nitrogens is 3. The lowest BCUT2D eigenvalue weighted by atomic mass is 9.90. The molecule has 9 heteroatoms. The summed E-state index contributed by atoms with van der Waals surface area (Å²) in [7, 11) is 2.86. The number of carbonyl (C=O) groups is 1. The van der Waals surface area contributed by atoms with Crippen LogP contribution >= 0.6 is 0 Å². The zero-order valence-electron chi connectivity index (χ0n) is 19.2. The van der Waals surface area contributed by atoms with Crippen LogP contribution in [0.4, 0.5) is 11.6 Å². The molecule has 1 aromatic carbocycles. The van der Waals surface area contributed by atoms with Crippen LogP contribution in [0.1, 0.15) is 65.2 Å². The van der Waals surface area contributed by atoms with Gasteiger partial charge in [-0.05, 0) is 94.6 Å². The van der Waals surface area contributed by atoms with Crippen LogP contribution in [-0.2, 0) is 36.7 Å². The van der Waals surface area contributed by atoms with Crippen molar-refractivity contribution in [2.75, 3.05) is 32.5 Å². The van der Waals surface area contributed by atoms with Gasteiger partial charge in [0, 0.05) is 30.4 Å². The van der Waals surface area contributed by atoms with Crippen LogP contribution in [0.3, 0.4) is 0 Å². The van der Waals surface area contributed by atoms with Crippen molar-refractivity contribution in [1.82, 2.24) is 24.4 Å². The summed E-state index contributed by atoms with van der Waals surface area (Å²) in [5.41, 5.74) is 6.96. The van der Waals surface area contributed by atoms with Crippen molar-refractivity contribution in [1.29, 1.82) is 0 Å². The number of piperidine rings is 1. The van der Waals surface area contributed by atoms with Crippen LogP contribution in [-0.4, -0.2) is 67.6 Å². The number of ketones is 1. The Morgan fingerprint density at radius 3 is 2.22 bits per heavy atom. The van der Waals surface area contributed by atoms with Crippen molar-refractivity contribution >= 4 is 28.4 Å². The largest absolute Gasteiger partial charge is 0.322 e. The standard InChI is InChI=1S/C23H32N6O2S/c1-14(30)20-16-6-4-8-18(16)21(19-9-5-7-17(19)20)24-22-25-23(27-26-22)32(31)29-12-10-15(11-13-29)28(2)3/h15H,4-13H2,1-3H3,(H2,24,25,26,27). The molecule has 1 aromatic heterocycles. The lowest BCUT2D eigenvalue weighted by molar-refractivity contribution is 0.101. The molecule has 0 spiro atoms. The van der Waals surface area contributed by atoms with Gasteiger partial charge in [0.15, 0.2) is 16.8 Å². The summed E-state index contributed by atoms with van der Waals surface area (Å²) in [6.07, 6.45) is 7.98. The molecule has 3 aliphatic rings. The number of carbonyl (C=O) groups excluding carboxylic acids is 1. The van der Waals surface area contributed by atoms with Crippen molar-refractivity contribution in [2.45, 2.75) is 69.5 Å². The zero-order valence-corrected chi connectivity index (χ0v) is 20.0. The number of hydrogen-bond donors (Lipinski definition) is 2. The Morgan fingerprint density at radius 1 is 1.06 bits per heavy atom. The molecule has 2 heterocycles. The summed E-state index contributed by atoms with van der Waals surface area (Å²) in [6.45, 7) is 3.26. The first kappa shape index (κ1) is 21.7.